The Labute approximate surface area is 163 Å². The lowest BCUT2D eigenvalue weighted by Gasteiger charge is -2.19. The first kappa shape index (κ1) is 18.3. The minimum atomic E-state index is -0.853. The number of pyridine rings is 1. The molecule has 0 amide bonds. The van der Waals surface area contributed by atoms with Gasteiger partial charge < -0.3 is 5.11 Å². The van der Waals surface area contributed by atoms with Gasteiger partial charge in [0.2, 0.25) is 0 Å². The van der Waals surface area contributed by atoms with Gasteiger partial charge in [0, 0.05) is 12.4 Å². The molecule has 1 fully saturated rings. The largest absolute Gasteiger partial charge is 0.376 e. The highest BCUT2D eigenvalue weighted by Crippen LogP contribution is 2.33. The normalized spacial score (nSPS) is 22.3. The lowest BCUT2D eigenvalue weighted by atomic mass is 9.95. The summed E-state index contributed by atoms with van der Waals surface area (Å²) in [7, 11) is 0. The van der Waals surface area contributed by atoms with E-state index in [1.807, 2.05) is 42.5 Å². The number of nitrogens with zero attached hydrogens (tertiary/aromatic N) is 1. The van der Waals surface area contributed by atoms with Crippen LogP contribution in [-0.2, 0) is 0 Å². The van der Waals surface area contributed by atoms with Crippen molar-refractivity contribution in [2.45, 2.75) is 24.4 Å². The third-order valence-corrected chi connectivity index (χ3v) is 4.80. The van der Waals surface area contributed by atoms with Crippen LogP contribution in [0, 0.1) is 17.7 Å². The van der Waals surface area contributed by atoms with Crippen molar-refractivity contribution >= 4 is 0 Å². The van der Waals surface area contributed by atoms with Gasteiger partial charge in [-0.05, 0) is 41.0 Å². The van der Waals surface area contributed by atoms with Crippen molar-refractivity contribution in [1.29, 1.82) is 0 Å². The zero-order valence-corrected chi connectivity index (χ0v) is 15.1. The fourth-order valence-corrected chi connectivity index (χ4v) is 3.38. The van der Waals surface area contributed by atoms with E-state index in [4.69, 9.17) is 0 Å². The van der Waals surface area contributed by atoms with Crippen LogP contribution in [0.4, 0.5) is 4.39 Å². The van der Waals surface area contributed by atoms with Crippen LogP contribution in [0.2, 0.25) is 0 Å². The zero-order valence-electron chi connectivity index (χ0n) is 15.1. The predicted octanol–water partition coefficient (Wildman–Crippen LogP) is 3.26. The summed E-state index contributed by atoms with van der Waals surface area (Å²) in [6, 6.07) is 19.5. The standard InChI is InChI=1S/C23H20FN3O/c24-19-8-6-17(7-9-19)22-23(18-12-14-25-15-13-18)27-21(26-22)11-10-20(28)16-4-2-1-3-5-16/h1-9,12-15,20-23,26-28H. The zero-order chi connectivity index (χ0) is 19.3. The van der Waals surface area contributed by atoms with Gasteiger partial charge in [0.25, 0.3) is 0 Å². The van der Waals surface area contributed by atoms with E-state index < -0.39 is 6.10 Å². The molecule has 4 rings (SSSR count). The van der Waals surface area contributed by atoms with Gasteiger partial charge in [-0.15, -0.1) is 0 Å². The van der Waals surface area contributed by atoms with Crippen molar-refractivity contribution < 1.29 is 9.50 Å². The molecule has 4 atom stereocenters. The number of aliphatic hydroxyl groups is 1. The Hall–Kier alpha value is -3.04. The Kier molecular flexibility index (Phi) is 5.45. The molecule has 2 heterocycles. The molecule has 0 saturated carbocycles. The van der Waals surface area contributed by atoms with E-state index >= 15 is 0 Å². The molecule has 5 heteroatoms. The fourth-order valence-electron chi connectivity index (χ4n) is 3.38. The number of halogens is 1. The number of hydrogen-bond donors (Lipinski definition) is 3. The molecule has 0 bridgehead atoms. The Balaban J connectivity index is 1.58. The predicted molar refractivity (Wildman–Crippen MR) is 105 cm³/mol. The van der Waals surface area contributed by atoms with Crippen LogP contribution >= 0.6 is 0 Å². The summed E-state index contributed by atoms with van der Waals surface area (Å²) in [6.45, 7) is 0. The quantitative estimate of drug-likeness (QED) is 0.617. The van der Waals surface area contributed by atoms with E-state index in [-0.39, 0.29) is 24.1 Å². The van der Waals surface area contributed by atoms with E-state index in [9.17, 15) is 9.50 Å². The topological polar surface area (TPSA) is 57.2 Å². The number of aromatic nitrogens is 1. The van der Waals surface area contributed by atoms with E-state index in [2.05, 4.69) is 27.5 Å². The molecular weight excluding hydrogens is 353 g/mol. The van der Waals surface area contributed by atoms with Gasteiger partial charge in [-0.2, -0.15) is 0 Å². The van der Waals surface area contributed by atoms with Crippen molar-refractivity contribution in [2.24, 2.45) is 0 Å². The Morgan fingerprint density at radius 3 is 2.11 bits per heavy atom. The van der Waals surface area contributed by atoms with Crippen LogP contribution in [0.3, 0.4) is 0 Å². The summed E-state index contributed by atoms with van der Waals surface area (Å²) >= 11 is 0. The third kappa shape index (κ3) is 4.10. The summed E-state index contributed by atoms with van der Waals surface area (Å²) in [5.74, 6) is 5.71. The van der Waals surface area contributed by atoms with Gasteiger partial charge in [-0.3, -0.25) is 15.6 Å². The summed E-state index contributed by atoms with van der Waals surface area (Å²) in [5, 5.41) is 17.2. The van der Waals surface area contributed by atoms with Crippen LogP contribution in [0.15, 0.2) is 79.1 Å². The summed E-state index contributed by atoms with van der Waals surface area (Å²) < 4.78 is 13.3. The van der Waals surface area contributed by atoms with Gasteiger partial charge in [0.1, 0.15) is 18.1 Å². The van der Waals surface area contributed by atoms with E-state index in [0.29, 0.717) is 0 Å². The molecule has 0 radical (unpaired) electrons. The molecule has 4 nitrogen and oxygen atoms in total. The first-order valence-electron chi connectivity index (χ1n) is 9.12. The average molecular weight is 373 g/mol. The lowest BCUT2D eigenvalue weighted by molar-refractivity contribution is 0.238. The van der Waals surface area contributed by atoms with Gasteiger partial charge >= 0.3 is 0 Å². The molecule has 1 aromatic heterocycles. The van der Waals surface area contributed by atoms with Crippen LogP contribution in [0.5, 0.6) is 0 Å². The molecule has 2 aromatic carbocycles. The molecule has 28 heavy (non-hydrogen) atoms. The molecule has 1 saturated heterocycles. The van der Waals surface area contributed by atoms with Crippen LogP contribution in [-0.4, -0.2) is 16.3 Å². The summed E-state index contributed by atoms with van der Waals surface area (Å²) in [4.78, 5) is 4.08. The molecule has 140 valence electrons. The Morgan fingerprint density at radius 2 is 1.46 bits per heavy atom. The summed E-state index contributed by atoms with van der Waals surface area (Å²) in [6.07, 6.45) is 2.33. The SMILES string of the molecule is OC(C#CC1NC(c2ccncc2)C(c2ccc(F)cc2)N1)c1ccccc1. The van der Waals surface area contributed by atoms with Crippen molar-refractivity contribution in [3.05, 3.63) is 102 Å². The molecule has 3 aromatic rings. The van der Waals surface area contributed by atoms with E-state index in [1.54, 1.807) is 24.5 Å². The van der Waals surface area contributed by atoms with Crippen molar-refractivity contribution in [3.63, 3.8) is 0 Å². The van der Waals surface area contributed by atoms with Gasteiger partial charge in [-0.25, -0.2) is 4.39 Å². The second kappa shape index (κ2) is 8.32. The smallest absolute Gasteiger partial charge is 0.140 e. The Bertz CT molecular complexity index is 967. The third-order valence-electron chi connectivity index (χ3n) is 4.80. The highest BCUT2D eigenvalue weighted by Gasteiger charge is 2.34. The maximum Gasteiger partial charge on any atom is 0.140 e. The average Bonchev–Trinajstić information content (AvgIpc) is 3.18. The maximum atomic E-state index is 13.3. The highest BCUT2D eigenvalue weighted by atomic mass is 19.1. The summed E-state index contributed by atoms with van der Waals surface area (Å²) in [5.41, 5.74) is 2.78. The van der Waals surface area contributed by atoms with Crippen LogP contribution < -0.4 is 10.6 Å². The van der Waals surface area contributed by atoms with Crippen molar-refractivity contribution in [3.8, 4) is 11.8 Å². The first-order valence-corrected chi connectivity index (χ1v) is 9.12. The number of hydrogen-bond acceptors (Lipinski definition) is 4. The number of aliphatic hydroxyl groups excluding tert-OH is 1. The van der Waals surface area contributed by atoms with Crippen LogP contribution in [0.1, 0.15) is 34.9 Å². The van der Waals surface area contributed by atoms with Gasteiger partial charge in [-0.1, -0.05) is 54.3 Å². The van der Waals surface area contributed by atoms with Gasteiger partial charge in [0.15, 0.2) is 0 Å². The number of nitrogens with one attached hydrogen (secondary N) is 2. The fraction of sp³-hybridized carbons (Fsp3) is 0.174. The molecule has 1 aliphatic rings. The minimum Gasteiger partial charge on any atom is -0.376 e. The molecule has 0 spiro atoms. The van der Waals surface area contributed by atoms with Crippen molar-refractivity contribution in [1.82, 2.24) is 15.6 Å². The van der Waals surface area contributed by atoms with E-state index in [1.165, 1.54) is 12.1 Å². The first-order chi connectivity index (χ1) is 13.7. The molecule has 3 N–H and O–H groups in total. The second-order valence-electron chi connectivity index (χ2n) is 6.66. The lowest BCUT2D eigenvalue weighted by Crippen LogP contribution is -2.30. The Morgan fingerprint density at radius 1 is 0.857 bits per heavy atom. The minimum absolute atomic E-state index is 0.0540. The molecule has 0 aliphatic carbocycles. The second-order valence-corrected chi connectivity index (χ2v) is 6.66. The monoisotopic (exact) mass is 373 g/mol. The molecule has 4 unspecified atom stereocenters. The highest BCUT2D eigenvalue weighted by molar-refractivity contribution is 5.32. The number of benzene rings is 2. The van der Waals surface area contributed by atoms with Gasteiger partial charge in [0.05, 0.1) is 12.1 Å². The molecule has 1 aliphatic heterocycles. The van der Waals surface area contributed by atoms with E-state index in [0.717, 1.165) is 16.7 Å². The molecular formula is C23H20FN3O. The van der Waals surface area contributed by atoms with Crippen LogP contribution in [0.25, 0.3) is 0 Å². The van der Waals surface area contributed by atoms with Crippen molar-refractivity contribution in [2.75, 3.05) is 0 Å². The number of rotatable bonds is 3. The maximum absolute atomic E-state index is 13.3.